The van der Waals surface area contributed by atoms with Crippen molar-refractivity contribution < 1.29 is 0 Å². The molecule has 1 aliphatic carbocycles. The van der Waals surface area contributed by atoms with Crippen molar-refractivity contribution in [3.8, 4) is 62.6 Å². The van der Waals surface area contributed by atoms with Crippen molar-refractivity contribution in [2.24, 2.45) is 0 Å². The Bertz CT molecular complexity index is 3560. The molecule has 1 unspecified atom stereocenters. The minimum Gasteiger partial charge on any atom is -0.309 e. The molecule has 12 rings (SSSR count). The fourth-order valence-electron chi connectivity index (χ4n) is 8.55. The van der Waals surface area contributed by atoms with Crippen molar-refractivity contribution in [3.63, 3.8) is 0 Å². The number of aromatic nitrogens is 7. The molecule has 7 aromatic carbocycles. The van der Waals surface area contributed by atoms with Crippen LogP contribution >= 0.6 is 11.3 Å². The Balaban J connectivity index is 0.972. The van der Waals surface area contributed by atoms with E-state index in [9.17, 15) is 0 Å². The lowest BCUT2D eigenvalue weighted by atomic mass is 10.00. The number of benzene rings is 7. The van der Waals surface area contributed by atoms with Gasteiger partial charge in [0.05, 0.1) is 11.0 Å². The maximum Gasteiger partial charge on any atom is 0.164 e. The van der Waals surface area contributed by atoms with Gasteiger partial charge in [-0.2, -0.15) is 0 Å². The molecule has 0 radical (unpaired) electrons. The molecule has 0 spiro atoms. The highest BCUT2D eigenvalue weighted by Gasteiger charge is 2.20. The number of allylic oxidation sites excluding steroid dienone is 4. The predicted molar refractivity (Wildman–Crippen MR) is 253 cm³/mol. The Hall–Kier alpha value is -7.94. The first-order valence-corrected chi connectivity index (χ1v) is 21.5. The Morgan fingerprint density at radius 2 is 0.952 bits per heavy atom. The molecule has 8 heteroatoms. The quantitative estimate of drug-likeness (QED) is 0.159. The molecule has 7 nitrogen and oxygen atoms in total. The number of fused-ring (bicyclic) bond motifs is 6. The third-order valence-corrected chi connectivity index (χ3v) is 12.7. The summed E-state index contributed by atoms with van der Waals surface area (Å²) in [4.78, 5) is 30.5. The van der Waals surface area contributed by atoms with Crippen LogP contribution in [0.3, 0.4) is 0 Å². The molecule has 11 aromatic rings. The van der Waals surface area contributed by atoms with E-state index in [1.54, 1.807) is 11.3 Å². The number of thiophene rings is 1. The molecular formula is C54H35N7S. The highest BCUT2D eigenvalue weighted by Crippen LogP contribution is 2.39. The van der Waals surface area contributed by atoms with Gasteiger partial charge in [-0.1, -0.05) is 146 Å². The van der Waals surface area contributed by atoms with Crippen molar-refractivity contribution in [2.45, 2.75) is 12.3 Å². The Kier molecular flexibility index (Phi) is 8.67. The zero-order valence-electron chi connectivity index (χ0n) is 33.3. The predicted octanol–water partition coefficient (Wildman–Crippen LogP) is 13.5. The lowest BCUT2D eigenvalue weighted by Crippen LogP contribution is -2.07. The van der Waals surface area contributed by atoms with E-state index in [4.69, 9.17) is 29.9 Å². The van der Waals surface area contributed by atoms with Gasteiger partial charge in [0.1, 0.15) is 5.82 Å². The molecule has 292 valence electrons. The summed E-state index contributed by atoms with van der Waals surface area (Å²) in [5, 5.41) is 4.69. The van der Waals surface area contributed by atoms with Gasteiger partial charge in [0.2, 0.25) is 0 Å². The van der Waals surface area contributed by atoms with Crippen LogP contribution in [0.1, 0.15) is 18.2 Å². The molecule has 0 fully saturated rings. The first-order chi connectivity index (χ1) is 30.7. The van der Waals surface area contributed by atoms with Crippen LogP contribution in [-0.2, 0) is 0 Å². The monoisotopic (exact) mass is 813 g/mol. The largest absolute Gasteiger partial charge is 0.309 e. The van der Waals surface area contributed by atoms with Crippen molar-refractivity contribution >= 4 is 53.3 Å². The maximum absolute atomic E-state index is 5.20. The minimum atomic E-state index is 0.0930. The van der Waals surface area contributed by atoms with Crippen molar-refractivity contribution in [3.05, 3.63) is 200 Å². The molecule has 4 heterocycles. The van der Waals surface area contributed by atoms with Crippen LogP contribution in [0.2, 0.25) is 0 Å². The molecule has 0 aliphatic heterocycles. The van der Waals surface area contributed by atoms with Crippen molar-refractivity contribution in [1.29, 1.82) is 0 Å². The van der Waals surface area contributed by atoms with Crippen LogP contribution in [-0.4, -0.2) is 34.5 Å². The Morgan fingerprint density at radius 1 is 0.403 bits per heavy atom. The van der Waals surface area contributed by atoms with Gasteiger partial charge in [0, 0.05) is 70.4 Å². The van der Waals surface area contributed by atoms with E-state index >= 15 is 0 Å². The van der Waals surface area contributed by atoms with Gasteiger partial charge in [0.15, 0.2) is 29.1 Å². The fourth-order valence-corrected chi connectivity index (χ4v) is 9.67. The Morgan fingerprint density at radius 3 is 1.65 bits per heavy atom. The SMILES string of the molecule is C1=CCC(c2nc(-c3ccccc3)nc(-c3ccc4sc5cc(-c6nc(-c7ccccc7)nc(-c7ccc8c9ccccc9n(-c9ccccc9)c8c7)n6)ccc5c4c3)n2)C=C1. The molecule has 0 amide bonds. The van der Waals surface area contributed by atoms with Gasteiger partial charge in [0.25, 0.3) is 0 Å². The summed E-state index contributed by atoms with van der Waals surface area (Å²) in [5.74, 6) is 4.08. The second-order valence-corrected chi connectivity index (χ2v) is 16.6. The van der Waals surface area contributed by atoms with Crippen LogP contribution < -0.4 is 0 Å². The van der Waals surface area contributed by atoms with Gasteiger partial charge < -0.3 is 4.57 Å². The highest BCUT2D eigenvalue weighted by molar-refractivity contribution is 7.25. The number of nitrogens with zero attached hydrogens (tertiary/aromatic N) is 7. The molecule has 62 heavy (non-hydrogen) atoms. The third-order valence-electron chi connectivity index (χ3n) is 11.6. The zero-order chi connectivity index (χ0) is 41.0. The van der Waals surface area contributed by atoms with Gasteiger partial charge in [-0.15, -0.1) is 11.3 Å². The van der Waals surface area contributed by atoms with Crippen LogP contribution in [0.5, 0.6) is 0 Å². The van der Waals surface area contributed by atoms with Crippen molar-refractivity contribution in [2.75, 3.05) is 0 Å². The second kappa shape index (κ2) is 15.0. The molecule has 4 aromatic heterocycles. The molecular weight excluding hydrogens is 779 g/mol. The maximum atomic E-state index is 5.20. The third kappa shape index (κ3) is 6.36. The summed E-state index contributed by atoms with van der Waals surface area (Å²) in [5.41, 5.74) is 8.05. The molecule has 0 saturated heterocycles. The topological polar surface area (TPSA) is 82.3 Å². The highest BCUT2D eigenvalue weighted by atomic mass is 32.1. The van der Waals surface area contributed by atoms with E-state index < -0.39 is 0 Å². The smallest absolute Gasteiger partial charge is 0.164 e. The van der Waals surface area contributed by atoms with Crippen molar-refractivity contribution in [1.82, 2.24) is 34.5 Å². The van der Waals surface area contributed by atoms with Gasteiger partial charge >= 0.3 is 0 Å². The lowest BCUT2D eigenvalue weighted by Gasteiger charge is -2.14. The van der Waals surface area contributed by atoms with E-state index in [1.165, 1.54) is 15.5 Å². The van der Waals surface area contributed by atoms with Gasteiger partial charge in [-0.25, -0.2) is 29.9 Å². The summed E-state index contributed by atoms with van der Waals surface area (Å²) in [6.07, 6.45) is 9.34. The average Bonchev–Trinajstić information content (AvgIpc) is 3.89. The van der Waals surface area contributed by atoms with Crippen LogP contribution in [0, 0.1) is 0 Å². The van der Waals surface area contributed by atoms with E-state index in [0.29, 0.717) is 29.1 Å². The summed E-state index contributed by atoms with van der Waals surface area (Å²) in [7, 11) is 0. The minimum absolute atomic E-state index is 0.0930. The standard InChI is InChI=1S/C54H35N7S/c1-5-15-34(16-6-1)49-55-50(35-17-7-2-8-18-35)57-52(56-49)37-27-30-47-44(31-37)43-29-26-39(33-48(43)62-47)54-59-51(36-19-9-3-10-20-36)58-53(60-54)38-25-28-42-41-23-13-14-24-45(41)61(46(42)32-38)40-21-11-4-12-22-40/h1-17,19-33,35H,18H2. The average molecular weight is 814 g/mol. The first kappa shape index (κ1) is 36.0. The molecule has 0 bridgehead atoms. The summed E-state index contributed by atoms with van der Waals surface area (Å²) >= 11 is 1.76. The number of hydrogen-bond donors (Lipinski definition) is 0. The zero-order valence-corrected chi connectivity index (χ0v) is 34.1. The Labute approximate surface area is 361 Å². The van der Waals surface area contributed by atoms with E-state index in [1.807, 2.05) is 48.5 Å². The summed E-state index contributed by atoms with van der Waals surface area (Å²) in [6, 6.07) is 59.0. The molecule has 1 aliphatic rings. The van der Waals surface area contributed by atoms with Crippen LogP contribution in [0.15, 0.2) is 194 Å². The molecule has 0 N–H and O–H groups in total. The second-order valence-electron chi connectivity index (χ2n) is 15.5. The van der Waals surface area contributed by atoms with Gasteiger partial charge in [-0.3, -0.25) is 0 Å². The lowest BCUT2D eigenvalue weighted by molar-refractivity contribution is 0.764. The van der Waals surface area contributed by atoms with Crippen LogP contribution in [0.25, 0.3) is 105 Å². The number of hydrogen-bond acceptors (Lipinski definition) is 7. The van der Waals surface area contributed by atoms with E-state index in [-0.39, 0.29) is 5.92 Å². The van der Waals surface area contributed by atoms with Crippen LogP contribution in [0.4, 0.5) is 0 Å². The van der Waals surface area contributed by atoms with E-state index in [0.717, 1.165) is 72.3 Å². The summed E-state index contributed by atoms with van der Waals surface area (Å²) < 4.78 is 4.65. The molecule has 0 saturated carbocycles. The van der Waals surface area contributed by atoms with E-state index in [2.05, 4.69) is 150 Å². The number of para-hydroxylation sites is 2. The summed E-state index contributed by atoms with van der Waals surface area (Å²) in [6.45, 7) is 0. The molecule has 1 atom stereocenters. The number of rotatable bonds is 7. The van der Waals surface area contributed by atoms with Gasteiger partial charge in [-0.05, 0) is 55.0 Å². The first-order valence-electron chi connectivity index (χ1n) is 20.7. The fraction of sp³-hybridized carbons (Fsp3) is 0.0370. The normalized spacial score (nSPS) is 13.8.